The lowest BCUT2D eigenvalue weighted by molar-refractivity contribution is -0.165. The second-order valence-electron chi connectivity index (χ2n) is 4.85. The lowest BCUT2D eigenvalue weighted by atomic mass is 9.72. The standard InChI is InChI=1S/C12H22O4/c1-3-12(15,4-2)8-11(10(13)14)6-5-7-16-9-11/h15H,3-9H2,1-2H3,(H,13,14). The van der Waals surface area contributed by atoms with Gasteiger partial charge in [0.1, 0.15) is 0 Å². The third kappa shape index (κ3) is 2.74. The molecule has 0 radical (unpaired) electrons. The normalized spacial score (nSPS) is 26.7. The van der Waals surface area contributed by atoms with Crippen LogP contribution in [-0.4, -0.2) is 35.0 Å². The molecule has 4 heteroatoms. The predicted molar refractivity (Wildman–Crippen MR) is 60.3 cm³/mol. The van der Waals surface area contributed by atoms with Gasteiger partial charge in [-0.05, 0) is 32.1 Å². The molecular formula is C12H22O4. The molecule has 0 saturated carbocycles. The highest BCUT2D eigenvalue weighted by Gasteiger charge is 2.45. The zero-order valence-corrected chi connectivity index (χ0v) is 10.2. The van der Waals surface area contributed by atoms with E-state index in [0.717, 1.165) is 6.42 Å². The Morgan fingerprint density at radius 3 is 2.44 bits per heavy atom. The van der Waals surface area contributed by atoms with E-state index < -0.39 is 17.0 Å². The van der Waals surface area contributed by atoms with Crippen molar-refractivity contribution in [1.29, 1.82) is 0 Å². The molecule has 1 atom stereocenters. The van der Waals surface area contributed by atoms with Crippen LogP contribution in [0.4, 0.5) is 0 Å². The average molecular weight is 230 g/mol. The maximum Gasteiger partial charge on any atom is 0.312 e. The number of rotatable bonds is 5. The molecule has 0 bridgehead atoms. The van der Waals surface area contributed by atoms with Gasteiger partial charge in [0.2, 0.25) is 0 Å². The molecule has 1 unspecified atom stereocenters. The highest BCUT2D eigenvalue weighted by Crippen LogP contribution is 2.39. The summed E-state index contributed by atoms with van der Waals surface area (Å²) in [4.78, 5) is 11.4. The quantitative estimate of drug-likeness (QED) is 0.756. The van der Waals surface area contributed by atoms with Crippen molar-refractivity contribution in [2.45, 2.75) is 51.6 Å². The van der Waals surface area contributed by atoms with Crippen molar-refractivity contribution in [1.82, 2.24) is 0 Å². The third-order valence-corrected chi connectivity index (χ3v) is 3.76. The summed E-state index contributed by atoms with van der Waals surface area (Å²) in [5.74, 6) is -0.840. The Labute approximate surface area is 96.6 Å². The van der Waals surface area contributed by atoms with Gasteiger partial charge in [0.15, 0.2) is 0 Å². The first kappa shape index (κ1) is 13.5. The van der Waals surface area contributed by atoms with E-state index in [0.29, 0.717) is 32.3 Å². The van der Waals surface area contributed by atoms with Crippen LogP contribution < -0.4 is 0 Å². The molecule has 0 amide bonds. The number of carboxylic acids is 1. The molecule has 1 rings (SSSR count). The van der Waals surface area contributed by atoms with Gasteiger partial charge in [0.05, 0.1) is 17.6 Å². The fourth-order valence-corrected chi connectivity index (χ4v) is 2.37. The van der Waals surface area contributed by atoms with E-state index in [2.05, 4.69) is 0 Å². The second kappa shape index (κ2) is 5.15. The van der Waals surface area contributed by atoms with Crippen molar-refractivity contribution in [2.75, 3.05) is 13.2 Å². The van der Waals surface area contributed by atoms with Crippen LogP contribution in [-0.2, 0) is 9.53 Å². The van der Waals surface area contributed by atoms with Gasteiger partial charge in [-0.15, -0.1) is 0 Å². The maximum atomic E-state index is 11.4. The molecule has 4 nitrogen and oxygen atoms in total. The molecule has 1 heterocycles. The lowest BCUT2D eigenvalue weighted by Gasteiger charge is -2.39. The van der Waals surface area contributed by atoms with Crippen molar-refractivity contribution in [3.63, 3.8) is 0 Å². The number of hydrogen-bond donors (Lipinski definition) is 2. The van der Waals surface area contributed by atoms with Crippen LogP contribution >= 0.6 is 0 Å². The van der Waals surface area contributed by atoms with Crippen molar-refractivity contribution in [2.24, 2.45) is 5.41 Å². The molecule has 0 spiro atoms. The first-order valence-corrected chi connectivity index (χ1v) is 6.01. The molecule has 1 fully saturated rings. The van der Waals surface area contributed by atoms with E-state index >= 15 is 0 Å². The van der Waals surface area contributed by atoms with Gasteiger partial charge in [0, 0.05) is 6.61 Å². The zero-order chi connectivity index (χ0) is 12.2. The number of ether oxygens (including phenoxy) is 1. The van der Waals surface area contributed by atoms with Crippen molar-refractivity contribution < 1.29 is 19.7 Å². The number of aliphatic carboxylic acids is 1. The minimum absolute atomic E-state index is 0.227. The molecule has 0 aromatic carbocycles. The fourth-order valence-electron chi connectivity index (χ4n) is 2.37. The molecule has 16 heavy (non-hydrogen) atoms. The first-order valence-electron chi connectivity index (χ1n) is 6.01. The van der Waals surface area contributed by atoms with Gasteiger partial charge >= 0.3 is 5.97 Å². The van der Waals surface area contributed by atoms with Crippen molar-refractivity contribution >= 4 is 5.97 Å². The van der Waals surface area contributed by atoms with Gasteiger partial charge in [0.25, 0.3) is 0 Å². The lowest BCUT2D eigenvalue weighted by Crippen LogP contribution is -2.46. The summed E-state index contributed by atoms with van der Waals surface area (Å²) in [5.41, 5.74) is -1.77. The molecule has 2 N–H and O–H groups in total. The second-order valence-corrected chi connectivity index (χ2v) is 4.85. The molecule has 0 aromatic rings. The first-order chi connectivity index (χ1) is 7.48. The summed E-state index contributed by atoms with van der Waals surface area (Å²) >= 11 is 0. The monoisotopic (exact) mass is 230 g/mol. The van der Waals surface area contributed by atoms with Crippen LogP contribution in [0, 0.1) is 5.41 Å². The number of hydrogen-bond acceptors (Lipinski definition) is 3. The van der Waals surface area contributed by atoms with Gasteiger partial charge < -0.3 is 14.9 Å². The highest BCUT2D eigenvalue weighted by atomic mass is 16.5. The van der Waals surface area contributed by atoms with E-state index in [4.69, 9.17) is 4.74 Å². The van der Waals surface area contributed by atoms with Gasteiger partial charge in [-0.25, -0.2) is 0 Å². The molecular weight excluding hydrogens is 208 g/mol. The van der Waals surface area contributed by atoms with Crippen molar-refractivity contribution in [3.05, 3.63) is 0 Å². The summed E-state index contributed by atoms with van der Waals surface area (Å²) in [7, 11) is 0. The maximum absolute atomic E-state index is 11.4. The smallest absolute Gasteiger partial charge is 0.312 e. The third-order valence-electron chi connectivity index (χ3n) is 3.76. The van der Waals surface area contributed by atoms with Crippen LogP contribution in [0.15, 0.2) is 0 Å². The number of carboxylic acid groups (broad SMARTS) is 1. The van der Waals surface area contributed by atoms with Gasteiger partial charge in [-0.3, -0.25) is 4.79 Å². The largest absolute Gasteiger partial charge is 0.481 e. The Morgan fingerprint density at radius 2 is 2.06 bits per heavy atom. The fraction of sp³-hybridized carbons (Fsp3) is 0.917. The molecule has 1 aliphatic rings. The van der Waals surface area contributed by atoms with Crippen LogP contribution in [0.25, 0.3) is 0 Å². The summed E-state index contributed by atoms with van der Waals surface area (Å²) in [6, 6.07) is 0. The number of carbonyl (C=O) groups is 1. The molecule has 1 aliphatic heterocycles. The predicted octanol–water partition coefficient (Wildman–Crippen LogP) is 1.81. The van der Waals surface area contributed by atoms with Crippen LogP contribution in [0.1, 0.15) is 46.0 Å². The Hall–Kier alpha value is -0.610. The van der Waals surface area contributed by atoms with E-state index in [1.54, 1.807) is 0 Å². The van der Waals surface area contributed by atoms with E-state index in [1.165, 1.54) is 0 Å². The molecule has 0 aliphatic carbocycles. The van der Waals surface area contributed by atoms with E-state index in [9.17, 15) is 15.0 Å². The Morgan fingerprint density at radius 1 is 1.44 bits per heavy atom. The van der Waals surface area contributed by atoms with Gasteiger partial charge in [-0.2, -0.15) is 0 Å². The molecule has 0 aromatic heterocycles. The average Bonchev–Trinajstić information content (AvgIpc) is 2.30. The van der Waals surface area contributed by atoms with E-state index in [-0.39, 0.29) is 6.61 Å². The van der Waals surface area contributed by atoms with Crippen molar-refractivity contribution in [3.8, 4) is 0 Å². The topological polar surface area (TPSA) is 66.8 Å². The van der Waals surface area contributed by atoms with E-state index in [1.807, 2.05) is 13.8 Å². The minimum Gasteiger partial charge on any atom is -0.481 e. The van der Waals surface area contributed by atoms with Crippen LogP contribution in [0.3, 0.4) is 0 Å². The Bertz CT molecular complexity index is 239. The summed E-state index contributed by atoms with van der Waals surface area (Å²) < 4.78 is 5.29. The molecule has 1 saturated heterocycles. The summed E-state index contributed by atoms with van der Waals surface area (Å²) in [6.45, 7) is 4.64. The van der Waals surface area contributed by atoms with Crippen LogP contribution in [0.5, 0.6) is 0 Å². The Balaban J connectivity index is 2.82. The SMILES string of the molecule is CCC(O)(CC)CC1(C(=O)O)CCCOC1. The number of aliphatic hydroxyl groups is 1. The minimum atomic E-state index is -0.890. The summed E-state index contributed by atoms with van der Waals surface area (Å²) in [5, 5.41) is 19.6. The summed E-state index contributed by atoms with van der Waals surface area (Å²) in [6.07, 6.45) is 2.82. The van der Waals surface area contributed by atoms with Crippen LogP contribution in [0.2, 0.25) is 0 Å². The molecule has 94 valence electrons. The highest BCUT2D eigenvalue weighted by molar-refractivity contribution is 5.75. The zero-order valence-electron chi connectivity index (χ0n) is 10.2. The van der Waals surface area contributed by atoms with Gasteiger partial charge in [-0.1, -0.05) is 13.8 Å². The Kier molecular flexibility index (Phi) is 4.33.